The van der Waals surface area contributed by atoms with Crippen molar-refractivity contribution in [3.8, 4) is 0 Å². The van der Waals surface area contributed by atoms with Gasteiger partial charge in [-0.1, -0.05) is 29.6 Å². The number of hydrogen-bond donors (Lipinski definition) is 2. The highest BCUT2D eigenvalue weighted by Crippen LogP contribution is 2.12. The Morgan fingerprint density at radius 1 is 0.704 bits per heavy atom. The quantitative estimate of drug-likeness (QED) is 0.421. The van der Waals surface area contributed by atoms with Crippen molar-refractivity contribution in [3.05, 3.63) is 47.0 Å². The van der Waals surface area contributed by atoms with E-state index in [4.69, 9.17) is 23.2 Å². The van der Waals surface area contributed by atoms with Crippen LogP contribution in [0.15, 0.2) is 46.5 Å². The molecule has 2 rings (SSSR count). The number of sulfonamides is 2. The number of halogens is 2. The lowest BCUT2D eigenvalue weighted by atomic mass is 10.2. The second kappa shape index (κ2) is 9.76. The fraction of sp³-hybridized carbons (Fsp3) is 0.333. The Hall–Kier alpha value is -1.30. The minimum absolute atomic E-state index is 0.0382. The van der Waals surface area contributed by atoms with Crippen LogP contribution in [0.4, 0.5) is 0 Å². The van der Waals surface area contributed by atoms with Gasteiger partial charge in [0.15, 0.2) is 0 Å². The van der Waals surface area contributed by atoms with E-state index < -0.39 is 20.0 Å². The van der Waals surface area contributed by atoms with Gasteiger partial charge in [-0.3, -0.25) is 0 Å². The lowest BCUT2D eigenvalue weighted by Crippen LogP contribution is -2.26. The third-order valence-electron chi connectivity index (χ3n) is 3.46. The van der Waals surface area contributed by atoms with Crippen LogP contribution in [0.2, 0.25) is 10.3 Å². The molecule has 0 bridgehead atoms. The lowest BCUT2D eigenvalue weighted by Gasteiger charge is -2.08. The molecule has 0 aliphatic heterocycles. The zero-order valence-corrected chi connectivity index (χ0v) is 17.2. The predicted molar refractivity (Wildman–Crippen MR) is 103 cm³/mol. The zero-order valence-electron chi connectivity index (χ0n) is 14.1. The number of nitrogens with one attached hydrogen (secondary N) is 2. The standard InChI is InChI=1S/C15H18Cl2N4O4S2/c16-14-6-4-12(10-18-14)26(22,23)20-8-2-1-3-9-21-27(24,25)13-5-7-15(17)19-11-13/h4-7,10-11,20-21H,1-3,8-9H2. The molecule has 0 atom stereocenters. The summed E-state index contributed by atoms with van der Waals surface area (Å²) in [5.41, 5.74) is 0. The highest BCUT2D eigenvalue weighted by Gasteiger charge is 2.14. The van der Waals surface area contributed by atoms with E-state index >= 15 is 0 Å². The van der Waals surface area contributed by atoms with Crippen molar-refractivity contribution in [2.24, 2.45) is 0 Å². The molecule has 12 heteroatoms. The van der Waals surface area contributed by atoms with E-state index in [2.05, 4.69) is 19.4 Å². The summed E-state index contributed by atoms with van der Waals surface area (Å²) in [5, 5.41) is 0.427. The Morgan fingerprint density at radius 3 is 1.44 bits per heavy atom. The van der Waals surface area contributed by atoms with Gasteiger partial charge in [0.2, 0.25) is 20.0 Å². The average molecular weight is 453 g/mol. The maximum atomic E-state index is 12.0. The third kappa shape index (κ3) is 6.98. The Balaban J connectivity index is 1.68. The predicted octanol–water partition coefficient (Wildman–Crippen LogP) is 2.21. The van der Waals surface area contributed by atoms with Gasteiger partial charge in [-0.25, -0.2) is 36.2 Å². The van der Waals surface area contributed by atoms with Crippen LogP contribution in [0.5, 0.6) is 0 Å². The van der Waals surface area contributed by atoms with Crippen LogP contribution in [-0.4, -0.2) is 39.9 Å². The van der Waals surface area contributed by atoms with E-state index in [9.17, 15) is 16.8 Å². The molecule has 0 fully saturated rings. The first-order valence-corrected chi connectivity index (χ1v) is 11.7. The van der Waals surface area contributed by atoms with Gasteiger partial charge < -0.3 is 0 Å². The van der Waals surface area contributed by atoms with Crippen molar-refractivity contribution in [2.45, 2.75) is 29.1 Å². The molecule has 0 saturated carbocycles. The van der Waals surface area contributed by atoms with E-state index in [-0.39, 0.29) is 33.2 Å². The Kier molecular flexibility index (Phi) is 7.95. The Bertz CT molecular complexity index is 871. The monoisotopic (exact) mass is 452 g/mol. The van der Waals surface area contributed by atoms with Crippen LogP contribution in [0.3, 0.4) is 0 Å². The zero-order chi connectivity index (χ0) is 19.9. The first-order chi connectivity index (χ1) is 12.7. The highest BCUT2D eigenvalue weighted by atomic mass is 35.5. The summed E-state index contributed by atoms with van der Waals surface area (Å²) < 4.78 is 53.1. The van der Waals surface area contributed by atoms with E-state index in [1.807, 2.05) is 0 Å². The summed E-state index contributed by atoms with van der Waals surface area (Å²) in [4.78, 5) is 7.55. The molecule has 0 spiro atoms. The van der Waals surface area contributed by atoms with Crippen molar-refractivity contribution in [1.29, 1.82) is 0 Å². The van der Waals surface area contributed by atoms with Crippen molar-refractivity contribution in [1.82, 2.24) is 19.4 Å². The molecule has 0 aliphatic rings. The molecule has 0 amide bonds. The first-order valence-electron chi connectivity index (χ1n) is 7.93. The van der Waals surface area contributed by atoms with E-state index in [0.717, 1.165) is 0 Å². The topological polar surface area (TPSA) is 118 Å². The number of pyridine rings is 2. The number of aromatic nitrogens is 2. The highest BCUT2D eigenvalue weighted by molar-refractivity contribution is 7.89. The van der Waals surface area contributed by atoms with E-state index in [0.29, 0.717) is 19.3 Å². The van der Waals surface area contributed by atoms with Gasteiger partial charge >= 0.3 is 0 Å². The minimum Gasteiger partial charge on any atom is -0.243 e. The molecular formula is C15H18Cl2N4O4S2. The number of hydrogen-bond acceptors (Lipinski definition) is 6. The molecule has 27 heavy (non-hydrogen) atoms. The van der Waals surface area contributed by atoms with Crippen molar-refractivity contribution in [2.75, 3.05) is 13.1 Å². The first kappa shape index (κ1) is 22.0. The van der Waals surface area contributed by atoms with Crippen molar-refractivity contribution in [3.63, 3.8) is 0 Å². The average Bonchev–Trinajstić information content (AvgIpc) is 2.61. The van der Waals surface area contributed by atoms with Crippen LogP contribution in [0.1, 0.15) is 19.3 Å². The molecule has 2 aromatic heterocycles. The summed E-state index contributed by atoms with van der Waals surface area (Å²) in [7, 11) is -7.27. The summed E-state index contributed by atoms with van der Waals surface area (Å²) in [5.74, 6) is 0. The van der Waals surface area contributed by atoms with Crippen LogP contribution in [0, 0.1) is 0 Å². The summed E-state index contributed by atoms with van der Waals surface area (Å²) in [6.45, 7) is 0.470. The van der Waals surface area contributed by atoms with E-state index in [1.165, 1.54) is 36.7 Å². The molecule has 0 unspecified atom stereocenters. The maximum Gasteiger partial charge on any atom is 0.242 e. The van der Waals surface area contributed by atoms with Crippen LogP contribution in [-0.2, 0) is 20.0 Å². The van der Waals surface area contributed by atoms with Gasteiger partial charge in [0, 0.05) is 25.5 Å². The van der Waals surface area contributed by atoms with Crippen LogP contribution < -0.4 is 9.44 Å². The molecule has 2 N–H and O–H groups in total. The largest absolute Gasteiger partial charge is 0.243 e. The second-order valence-electron chi connectivity index (χ2n) is 5.49. The van der Waals surface area contributed by atoms with Gasteiger partial charge in [0.25, 0.3) is 0 Å². The molecule has 2 heterocycles. The molecule has 0 radical (unpaired) electrons. The normalized spacial score (nSPS) is 12.2. The van der Waals surface area contributed by atoms with Gasteiger partial charge in [-0.15, -0.1) is 0 Å². The molecular weight excluding hydrogens is 435 g/mol. The smallest absolute Gasteiger partial charge is 0.242 e. The van der Waals surface area contributed by atoms with Crippen LogP contribution in [0.25, 0.3) is 0 Å². The Labute approximate surface area is 168 Å². The molecule has 0 aliphatic carbocycles. The van der Waals surface area contributed by atoms with Crippen LogP contribution >= 0.6 is 23.2 Å². The van der Waals surface area contributed by atoms with Crippen molar-refractivity contribution >= 4 is 43.2 Å². The van der Waals surface area contributed by atoms with E-state index in [1.54, 1.807) is 0 Å². The molecule has 8 nitrogen and oxygen atoms in total. The number of rotatable bonds is 10. The van der Waals surface area contributed by atoms with Gasteiger partial charge in [0.1, 0.15) is 20.1 Å². The second-order valence-corrected chi connectivity index (χ2v) is 9.80. The summed E-state index contributed by atoms with van der Waals surface area (Å²) in [6, 6.07) is 5.55. The summed E-state index contributed by atoms with van der Waals surface area (Å²) >= 11 is 11.3. The fourth-order valence-electron chi connectivity index (χ4n) is 2.05. The molecule has 0 aromatic carbocycles. The lowest BCUT2D eigenvalue weighted by molar-refractivity contribution is 0.568. The van der Waals surface area contributed by atoms with Gasteiger partial charge in [0.05, 0.1) is 0 Å². The SMILES string of the molecule is O=S(=O)(NCCCCCNS(=O)(=O)c1ccc(Cl)nc1)c1ccc(Cl)nc1. The summed E-state index contributed by atoms with van der Waals surface area (Å²) in [6.07, 6.45) is 4.13. The maximum absolute atomic E-state index is 12.0. The molecule has 2 aromatic rings. The van der Waals surface area contributed by atoms with Crippen molar-refractivity contribution < 1.29 is 16.8 Å². The number of nitrogens with zero attached hydrogens (tertiary/aromatic N) is 2. The van der Waals surface area contributed by atoms with Gasteiger partial charge in [-0.2, -0.15) is 0 Å². The Morgan fingerprint density at radius 2 is 1.11 bits per heavy atom. The van der Waals surface area contributed by atoms with Gasteiger partial charge in [-0.05, 0) is 37.1 Å². The number of unbranched alkanes of at least 4 members (excludes halogenated alkanes) is 2. The molecule has 148 valence electrons. The third-order valence-corrected chi connectivity index (χ3v) is 6.80. The minimum atomic E-state index is -3.63. The molecule has 0 saturated heterocycles. The fourth-order valence-corrected chi connectivity index (χ4v) is 4.31.